The molecular weight excluding hydrogens is 286 g/mol. The van der Waals surface area contributed by atoms with E-state index in [1.807, 2.05) is 0 Å². The van der Waals surface area contributed by atoms with E-state index in [9.17, 15) is 4.79 Å². The maximum Gasteiger partial charge on any atom is 0.255 e. The van der Waals surface area contributed by atoms with Crippen molar-refractivity contribution in [2.24, 2.45) is 0 Å². The minimum absolute atomic E-state index is 0.0318. The molecule has 1 aliphatic rings. The van der Waals surface area contributed by atoms with Gasteiger partial charge in [-0.15, -0.1) is 0 Å². The summed E-state index contributed by atoms with van der Waals surface area (Å²) in [7, 11) is 0. The average Bonchev–Trinajstić information content (AvgIpc) is 2.51. The molecule has 0 amide bonds. The summed E-state index contributed by atoms with van der Waals surface area (Å²) < 4.78 is 0. The van der Waals surface area contributed by atoms with E-state index in [1.165, 1.54) is 16.7 Å². The van der Waals surface area contributed by atoms with Crippen molar-refractivity contribution in [3.8, 4) is 0 Å². The van der Waals surface area contributed by atoms with Gasteiger partial charge in [0, 0.05) is 32.0 Å². The van der Waals surface area contributed by atoms with Gasteiger partial charge in [-0.25, -0.2) is 4.98 Å². The highest BCUT2D eigenvalue weighted by Gasteiger charge is 2.22. The summed E-state index contributed by atoms with van der Waals surface area (Å²) in [6.45, 7) is 10.9. The van der Waals surface area contributed by atoms with Crippen LogP contribution in [0.5, 0.6) is 0 Å². The Balaban J connectivity index is 1.83. The Morgan fingerprint density at radius 1 is 1.30 bits per heavy atom. The SMILES string of the molecule is Cc1ccc(C)c(CN2CCc3nc(C(C)C)[nH]c(=O)c3C2)c1. The fourth-order valence-electron chi connectivity index (χ4n) is 3.12. The standard InChI is InChI=1S/C19H25N3O/c1-12(2)18-20-17-7-8-22(11-16(17)19(23)21-18)10-15-9-13(3)5-6-14(15)4/h5-6,9,12H,7-8,10-11H2,1-4H3,(H,20,21,23). The highest BCUT2D eigenvalue weighted by Crippen LogP contribution is 2.20. The molecule has 0 bridgehead atoms. The van der Waals surface area contributed by atoms with Gasteiger partial charge in [0.15, 0.2) is 0 Å². The van der Waals surface area contributed by atoms with Crippen LogP contribution in [0.1, 0.15) is 53.5 Å². The van der Waals surface area contributed by atoms with Crippen LogP contribution in [-0.2, 0) is 19.5 Å². The first-order valence-corrected chi connectivity index (χ1v) is 8.34. The van der Waals surface area contributed by atoms with Crippen molar-refractivity contribution in [1.29, 1.82) is 0 Å². The summed E-state index contributed by atoms with van der Waals surface area (Å²) in [5, 5.41) is 0. The predicted molar refractivity (Wildman–Crippen MR) is 92.7 cm³/mol. The van der Waals surface area contributed by atoms with Crippen LogP contribution in [0.3, 0.4) is 0 Å². The molecule has 2 aromatic rings. The number of aromatic nitrogens is 2. The molecule has 1 aliphatic heterocycles. The molecule has 122 valence electrons. The van der Waals surface area contributed by atoms with Crippen LogP contribution in [-0.4, -0.2) is 21.4 Å². The minimum Gasteiger partial charge on any atom is -0.310 e. The van der Waals surface area contributed by atoms with Crippen LogP contribution < -0.4 is 5.56 Å². The van der Waals surface area contributed by atoms with Crippen LogP contribution >= 0.6 is 0 Å². The Kier molecular flexibility index (Phi) is 4.35. The van der Waals surface area contributed by atoms with E-state index in [0.29, 0.717) is 6.54 Å². The fourth-order valence-corrected chi connectivity index (χ4v) is 3.12. The Morgan fingerprint density at radius 3 is 2.83 bits per heavy atom. The zero-order chi connectivity index (χ0) is 16.6. The second-order valence-electron chi connectivity index (χ2n) is 6.92. The van der Waals surface area contributed by atoms with Crippen LogP contribution in [0.4, 0.5) is 0 Å². The van der Waals surface area contributed by atoms with E-state index in [1.54, 1.807) is 0 Å². The number of aryl methyl sites for hydroxylation is 2. The minimum atomic E-state index is 0.0318. The number of H-pyrrole nitrogens is 1. The second kappa shape index (κ2) is 6.28. The van der Waals surface area contributed by atoms with Crippen LogP contribution in [0, 0.1) is 13.8 Å². The quantitative estimate of drug-likeness (QED) is 0.947. The van der Waals surface area contributed by atoms with Crippen LogP contribution in [0.15, 0.2) is 23.0 Å². The van der Waals surface area contributed by atoms with Gasteiger partial charge in [0.25, 0.3) is 5.56 Å². The molecule has 0 fully saturated rings. The van der Waals surface area contributed by atoms with Crippen molar-refractivity contribution >= 4 is 0 Å². The van der Waals surface area contributed by atoms with E-state index in [-0.39, 0.29) is 11.5 Å². The highest BCUT2D eigenvalue weighted by atomic mass is 16.1. The predicted octanol–water partition coefficient (Wildman–Crippen LogP) is 3.07. The molecule has 1 N–H and O–H groups in total. The topological polar surface area (TPSA) is 49.0 Å². The molecular formula is C19H25N3O. The number of benzene rings is 1. The number of hydrogen-bond donors (Lipinski definition) is 1. The number of hydrogen-bond acceptors (Lipinski definition) is 3. The van der Waals surface area contributed by atoms with Crippen molar-refractivity contribution in [2.45, 2.75) is 53.1 Å². The highest BCUT2D eigenvalue weighted by molar-refractivity contribution is 5.31. The first-order valence-electron chi connectivity index (χ1n) is 8.34. The van der Waals surface area contributed by atoms with Crippen molar-refractivity contribution in [3.05, 3.63) is 62.3 Å². The molecule has 3 rings (SSSR count). The lowest BCUT2D eigenvalue weighted by molar-refractivity contribution is 0.241. The van der Waals surface area contributed by atoms with Gasteiger partial charge in [-0.1, -0.05) is 37.6 Å². The van der Waals surface area contributed by atoms with Gasteiger partial charge in [-0.2, -0.15) is 0 Å². The van der Waals surface area contributed by atoms with Crippen molar-refractivity contribution < 1.29 is 0 Å². The monoisotopic (exact) mass is 311 g/mol. The Morgan fingerprint density at radius 2 is 2.09 bits per heavy atom. The smallest absolute Gasteiger partial charge is 0.255 e. The average molecular weight is 311 g/mol. The third-order valence-electron chi connectivity index (χ3n) is 4.61. The zero-order valence-electron chi connectivity index (χ0n) is 14.4. The summed E-state index contributed by atoms with van der Waals surface area (Å²) in [5.74, 6) is 1.05. The summed E-state index contributed by atoms with van der Waals surface area (Å²) in [6.07, 6.45) is 0.851. The molecule has 0 spiro atoms. The maximum absolute atomic E-state index is 12.4. The molecule has 0 unspecified atom stereocenters. The van der Waals surface area contributed by atoms with E-state index < -0.39 is 0 Å². The molecule has 1 aromatic carbocycles. The van der Waals surface area contributed by atoms with Gasteiger partial charge in [0.1, 0.15) is 5.82 Å². The van der Waals surface area contributed by atoms with E-state index in [4.69, 9.17) is 0 Å². The zero-order valence-corrected chi connectivity index (χ0v) is 14.4. The second-order valence-corrected chi connectivity index (χ2v) is 6.92. The Bertz CT molecular complexity index is 777. The number of rotatable bonds is 3. The molecule has 0 saturated carbocycles. The number of nitrogens with one attached hydrogen (secondary N) is 1. The molecule has 23 heavy (non-hydrogen) atoms. The van der Waals surface area contributed by atoms with E-state index in [0.717, 1.165) is 36.6 Å². The number of nitrogens with zero attached hydrogens (tertiary/aromatic N) is 2. The summed E-state index contributed by atoms with van der Waals surface area (Å²) in [5.41, 5.74) is 5.79. The van der Waals surface area contributed by atoms with Gasteiger partial charge in [0.2, 0.25) is 0 Å². The summed E-state index contributed by atoms with van der Waals surface area (Å²) >= 11 is 0. The lowest BCUT2D eigenvalue weighted by Gasteiger charge is -2.28. The lowest BCUT2D eigenvalue weighted by atomic mass is 10.0. The van der Waals surface area contributed by atoms with Crippen LogP contribution in [0.2, 0.25) is 0 Å². The molecule has 0 aliphatic carbocycles. The van der Waals surface area contributed by atoms with Crippen molar-refractivity contribution in [2.75, 3.05) is 6.54 Å². The number of aromatic amines is 1. The summed E-state index contributed by atoms with van der Waals surface area (Å²) in [6, 6.07) is 6.56. The van der Waals surface area contributed by atoms with Crippen molar-refractivity contribution in [3.63, 3.8) is 0 Å². The van der Waals surface area contributed by atoms with E-state index in [2.05, 4.69) is 60.8 Å². The third-order valence-corrected chi connectivity index (χ3v) is 4.61. The fraction of sp³-hybridized carbons (Fsp3) is 0.474. The van der Waals surface area contributed by atoms with Crippen LogP contribution in [0.25, 0.3) is 0 Å². The van der Waals surface area contributed by atoms with Gasteiger partial charge >= 0.3 is 0 Å². The third kappa shape index (κ3) is 3.37. The first kappa shape index (κ1) is 15.9. The first-order chi connectivity index (χ1) is 10.9. The molecule has 0 atom stereocenters. The van der Waals surface area contributed by atoms with E-state index >= 15 is 0 Å². The molecule has 2 heterocycles. The Labute approximate surface area is 137 Å². The molecule has 1 aromatic heterocycles. The molecule has 0 radical (unpaired) electrons. The Hall–Kier alpha value is -1.94. The normalized spacial score (nSPS) is 15.0. The number of fused-ring (bicyclic) bond motifs is 1. The van der Waals surface area contributed by atoms with Gasteiger partial charge in [0.05, 0.1) is 11.3 Å². The lowest BCUT2D eigenvalue weighted by Crippen LogP contribution is -2.36. The van der Waals surface area contributed by atoms with Gasteiger partial charge < -0.3 is 4.98 Å². The molecule has 4 heteroatoms. The molecule has 0 saturated heterocycles. The largest absolute Gasteiger partial charge is 0.310 e. The van der Waals surface area contributed by atoms with Crippen molar-refractivity contribution in [1.82, 2.24) is 14.9 Å². The molecule has 4 nitrogen and oxygen atoms in total. The van der Waals surface area contributed by atoms with Gasteiger partial charge in [-0.3, -0.25) is 9.69 Å². The van der Waals surface area contributed by atoms with Gasteiger partial charge in [-0.05, 0) is 25.0 Å². The summed E-state index contributed by atoms with van der Waals surface area (Å²) in [4.78, 5) is 22.3. The maximum atomic E-state index is 12.4.